The van der Waals surface area contributed by atoms with Gasteiger partial charge >= 0.3 is 0 Å². The summed E-state index contributed by atoms with van der Waals surface area (Å²) in [5.74, 6) is 0.661. The summed E-state index contributed by atoms with van der Waals surface area (Å²) >= 11 is 3.36. The Hall–Kier alpha value is -0.940. The van der Waals surface area contributed by atoms with Gasteiger partial charge in [-0.05, 0) is 28.1 Å². The number of fused-ring (bicyclic) bond motifs is 1. The molecule has 0 spiro atoms. The van der Waals surface area contributed by atoms with E-state index in [0.29, 0.717) is 12.2 Å². The predicted octanol–water partition coefficient (Wildman–Crippen LogP) is 1.03. The fourth-order valence-electron chi connectivity index (χ4n) is 1.12. The molecule has 0 bridgehead atoms. The molecule has 0 atom stereocenters. The zero-order valence-electron chi connectivity index (χ0n) is 6.81. The van der Waals surface area contributed by atoms with E-state index in [1.807, 2.05) is 18.2 Å². The summed E-state index contributed by atoms with van der Waals surface area (Å²) in [6.45, 7) is 0.0779. The third-order valence-corrected chi connectivity index (χ3v) is 2.29. The number of rotatable bonds is 2. The first-order valence-electron chi connectivity index (χ1n) is 3.92. The summed E-state index contributed by atoms with van der Waals surface area (Å²) in [6.07, 6.45) is 0.494. The maximum absolute atomic E-state index is 8.71. The third-order valence-electron chi connectivity index (χ3n) is 1.69. The number of pyridine rings is 1. The third kappa shape index (κ3) is 1.57. The average molecular weight is 242 g/mol. The Balaban J connectivity index is 2.55. The summed E-state index contributed by atoms with van der Waals surface area (Å²) < 4.78 is 2.56. The highest BCUT2D eigenvalue weighted by Crippen LogP contribution is 2.11. The molecule has 2 rings (SSSR count). The Bertz CT molecular complexity index is 426. The monoisotopic (exact) mass is 241 g/mol. The van der Waals surface area contributed by atoms with E-state index in [1.54, 1.807) is 4.52 Å². The molecule has 1 N–H and O–H groups in total. The minimum atomic E-state index is 0.0779. The van der Waals surface area contributed by atoms with Gasteiger partial charge in [-0.3, -0.25) is 0 Å². The predicted molar refractivity (Wildman–Crippen MR) is 51.5 cm³/mol. The number of nitrogens with zero attached hydrogens (tertiary/aromatic N) is 3. The lowest BCUT2D eigenvalue weighted by Crippen LogP contribution is -1.94. The van der Waals surface area contributed by atoms with E-state index in [9.17, 15) is 0 Å². The van der Waals surface area contributed by atoms with Gasteiger partial charge in [-0.15, -0.1) is 0 Å². The largest absolute Gasteiger partial charge is 0.396 e. The summed E-state index contributed by atoms with van der Waals surface area (Å²) in [5, 5.41) is 12.9. The molecule has 4 nitrogen and oxygen atoms in total. The van der Waals surface area contributed by atoms with Crippen LogP contribution in [0.15, 0.2) is 22.8 Å². The molecule has 0 aromatic carbocycles. The highest BCUT2D eigenvalue weighted by molar-refractivity contribution is 9.10. The number of hydrogen-bond acceptors (Lipinski definition) is 3. The minimum Gasteiger partial charge on any atom is -0.396 e. The molecule has 0 saturated carbocycles. The molecule has 0 aliphatic heterocycles. The van der Waals surface area contributed by atoms with Gasteiger partial charge in [0.15, 0.2) is 11.5 Å². The molecule has 0 saturated heterocycles. The normalized spacial score (nSPS) is 10.9. The molecule has 13 heavy (non-hydrogen) atoms. The number of aliphatic hydroxyl groups excluding tert-OH is 1. The van der Waals surface area contributed by atoms with E-state index in [0.717, 1.165) is 10.3 Å². The zero-order valence-corrected chi connectivity index (χ0v) is 8.40. The van der Waals surface area contributed by atoms with Crippen molar-refractivity contribution in [2.24, 2.45) is 0 Å². The second kappa shape index (κ2) is 3.43. The van der Waals surface area contributed by atoms with Gasteiger partial charge in [0.1, 0.15) is 4.60 Å². The Kier molecular flexibility index (Phi) is 2.28. The van der Waals surface area contributed by atoms with Gasteiger partial charge in [0.05, 0.1) is 6.61 Å². The highest BCUT2D eigenvalue weighted by atomic mass is 79.9. The minimum absolute atomic E-state index is 0.0779. The van der Waals surface area contributed by atoms with Gasteiger partial charge in [0.2, 0.25) is 0 Å². The highest BCUT2D eigenvalue weighted by Gasteiger charge is 2.03. The van der Waals surface area contributed by atoms with Crippen LogP contribution in [-0.4, -0.2) is 26.3 Å². The number of aromatic nitrogens is 3. The lowest BCUT2D eigenvalue weighted by Gasteiger charge is -1.92. The van der Waals surface area contributed by atoms with E-state index in [1.165, 1.54) is 0 Å². The van der Waals surface area contributed by atoms with Crippen LogP contribution in [0.5, 0.6) is 0 Å². The van der Waals surface area contributed by atoms with Crippen LogP contribution in [0.4, 0.5) is 0 Å². The van der Waals surface area contributed by atoms with Crippen LogP contribution >= 0.6 is 15.9 Å². The van der Waals surface area contributed by atoms with E-state index in [-0.39, 0.29) is 6.61 Å². The molecule has 5 heteroatoms. The van der Waals surface area contributed by atoms with Crippen molar-refractivity contribution in [2.75, 3.05) is 6.61 Å². The van der Waals surface area contributed by atoms with Crippen LogP contribution in [0.25, 0.3) is 5.65 Å². The molecule has 0 aliphatic rings. The van der Waals surface area contributed by atoms with Gasteiger partial charge < -0.3 is 5.11 Å². The summed E-state index contributed by atoms with van der Waals surface area (Å²) in [7, 11) is 0. The number of hydrogen-bond donors (Lipinski definition) is 1. The smallest absolute Gasteiger partial charge is 0.156 e. The van der Waals surface area contributed by atoms with Crippen LogP contribution in [0.3, 0.4) is 0 Å². The lowest BCUT2D eigenvalue weighted by molar-refractivity contribution is 0.296. The molecule has 2 aromatic rings. The van der Waals surface area contributed by atoms with Crippen LogP contribution in [0, 0.1) is 0 Å². The topological polar surface area (TPSA) is 50.4 Å². The van der Waals surface area contributed by atoms with Crippen LogP contribution < -0.4 is 0 Å². The lowest BCUT2D eigenvalue weighted by atomic mass is 10.4. The number of aliphatic hydroxyl groups is 1. The molecule has 0 unspecified atom stereocenters. The fraction of sp³-hybridized carbons (Fsp3) is 0.250. The van der Waals surface area contributed by atoms with E-state index in [2.05, 4.69) is 26.0 Å². The molecule has 2 aromatic heterocycles. The SMILES string of the molecule is OCCc1nc2cccc(Br)n2n1. The van der Waals surface area contributed by atoms with E-state index in [4.69, 9.17) is 5.11 Å². The van der Waals surface area contributed by atoms with Gasteiger partial charge in [-0.1, -0.05) is 6.07 Å². The van der Waals surface area contributed by atoms with E-state index < -0.39 is 0 Å². The van der Waals surface area contributed by atoms with Crippen molar-refractivity contribution in [3.63, 3.8) is 0 Å². The second-order valence-electron chi connectivity index (χ2n) is 2.62. The first-order chi connectivity index (χ1) is 6.31. The van der Waals surface area contributed by atoms with Crippen molar-refractivity contribution >= 4 is 21.6 Å². The molecule has 2 heterocycles. The summed E-state index contributed by atoms with van der Waals surface area (Å²) in [6, 6.07) is 5.67. The molecule has 68 valence electrons. The molecular formula is C8H8BrN3O. The van der Waals surface area contributed by atoms with Crippen LogP contribution in [0.1, 0.15) is 5.82 Å². The van der Waals surface area contributed by atoms with Gasteiger partial charge in [-0.2, -0.15) is 5.10 Å². The zero-order chi connectivity index (χ0) is 9.26. The van der Waals surface area contributed by atoms with Crippen molar-refractivity contribution < 1.29 is 5.11 Å². The standard InChI is InChI=1S/C8H8BrN3O/c9-6-2-1-3-8-10-7(4-5-13)11-12(6)8/h1-3,13H,4-5H2. The summed E-state index contributed by atoms with van der Waals surface area (Å²) in [5.41, 5.74) is 0.790. The molecule has 0 radical (unpaired) electrons. The molecule has 0 amide bonds. The van der Waals surface area contributed by atoms with Crippen molar-refractivity contribution in [3.05, 3.63) is 28.6 Å². The van der Waals surface area contributed by atoms with Gasteiger partial charge in [-0.25, -0.2) is 9.50 Å². The van der Waals surface area contributed by atoms with Crippen LogP contribution in [-0.2, 0) is 6.42 Å². The fourth-order valence-corrected chi connectivity index (χ4v) is 1.54. The summed E-state index contributed by atoms with van der Waals surface area (Å²) in [4.78, 5) is 4.23. The van der Waals surface area contributed by atoms with E-state index >= 15 is 0 Å². The first kappa shape index (κ1) is 8.65. The number of halogens is 1. The maximum Gasteiger partial charge on any atom is 0.156 e. The average Bonchev–Trinajstić information content (AvgIpc) is 2.49. The van der Waals surface area contributed by atoms with Crippen molar-refractivity contribution in [2.45, 2.75) is 6.42 Å². The Labute approximate surface area is 83.3 Å². The van der Waals surface area contributed by atoms with Crippen LogP contribution in [0.2, 0.25) is 0 Å². The Morgan fingerprint density at radius 2 is 2.31 bits per heavy atom. The molecule has 0 aliphatic carbocycles. The van der Waals surface area contributed by atoms with Crippen molar-refractivity contribution in [1.29, 1.82) is 0 Å². The van der Waals surface area contributed by atoms with Crippen molar-refractivity contribution in [3.8, 4) is 0 Å². The van der Waals surface area contributed by atoms with Crippen molar-refractivity contribution in [1.82, 2.24) is 14.6 Å². The van der Waals surface area contributed by atoms with Gasteiger partial charge in [0, 0.05) is 6.42 Å². The Morgan fingerprint density at radius 3 is 3.00 bits per heavy atom. The van der Waals surface area contributed by atoms with Gasteiger partial charge in [0.25, 0.3) is 0 Å². The first-order valence-corrected chi connectivity index (χ1v) is 4.71. The maximum atomic E-state index is 8.71. The second-order valence-corrected chi connectivity index (χ2v) is 3.43. The quantitative estimate of drug-likeness (QED) is 0.800. The molecular weight excluding hydrogens is 234 g/mol. The Morgan fingerprint density at radius 1 is 1.46 bits per heavy atom. The molecule has 0 fully saturated rings.